The number of aromatic nitrogens is 3. The first-order valence-corrected chi connectivity index (χ1v) is 14.5. The van der Waals surface area contributed by atoms with Gasteiger partial charge in [0.25, 0.3) is 0 Å². The number of pyridine rings is 2. The molecule has 4 aromatic heterocycles. The molecule has 0 radical (unpaired) electrons. The van der Waals surface area contributed by atoms with Crippen LogP contribution >= 0.6 is 11.3 Å². The molecule has 0 aliphatic rings. The Labute approximate surface area is 241 Å². The SMILES string of the molecule is C=C/C=C\c1nn2cc(-c3cccc(-c4nc5ccccc5c5c4ccc4c6ccccc6sc45)c3)ccc2c1C. The summed E-state index contributed by atoms with van der Waals surface area (Å²) in [5.41, 5.74) is 8.57. The zero-order valence-electron chi connectivity index (χ0n) is 22.5. The van der Waals surface area contributed by atoms with E-state index in [1.54, 1.807) is 6.08 Å². The van der Waals surface area contributed by atoms with E-state index >= 15 is 0 Å². The Kier molecular flexibility index (Phi) is 5.37. The van der Waals surface area contributed by atoms with Gasteiger partial charge in [-0.25, -0.2) is 9.50 Å². The molecule has 0 spiro atoms. The molecule has 0 amide bonds. The van der Waals surface area contributed by atoms with Gasteiger partial charge in [0.15, 0.2) is 0 Å². The summed E-state index contributed by atoms with van der Waals surface area (Å²) in [5, 5.41) is 11.1. The van der Waals surface area contributed by atoms with Gasteiger partial charge in [-0.3, -0.25) is 0 Å². The lowest BCUT2D eigenvalue weighted by molar-refractivity contribution is 0.955. The summed E-state index contributed by atoms with van der Waals surface area (Å²) in [6, 6.07) is 34.8. The molecule has 0 bridgehead atoms. The van der Waals surface area contributed by atoms with Gasteiger partial charge < -0.3 is 0 Å². The highest BCUT2D eigenvalue weighted by atomic mass is 32.1. The molecule has 8 aromatic rings. The Morgan fingerprint density at radius 3 is 2.46 bits per heavy atom. The van der Waals surface area contributed by atoms with Crippen LogP contribution in [0.15, 0.2) is 122 Å². The summed E-state index contributed by atoms with van der Waals surface area (Å²) in [4.78, 5) is 5.23. The third-order valence-electron chi connectivity index (χ3n) is 7.98. The third kappa shape index (κ3) is 3.72. The minimum Gasteiger partial charge on any atom is -0.247 e. The number of allylic oxidation sites excluding steroid dienone is 2. The number of para-hydroxylation sites is 1. The van der Waals surface area contributed by atoms with E-state index in [2.05, 4.69) is 117 Å². The largest absolute Gasteiger partial charge is 0.247 e. The van der Waals surface area contributed by atoms with Gasteiger partial charge in [0.2, 0.25) is 0 Å². The van der Waals surface area contributed by atoms with Crippen molar-refractivity contribution in [3.63, 3.8) is 0 Å². The van der Waals surface area contributed by atoms with Crippen molar-refractivity contribution >= 4 is 64.8 Å². The number of rotatable bonds is 4. The van der Waals surface area contributed by atoms with Crippen molar-refractivity contribution < 1.29 is 0 Å². The lowest BCUT2D eigenvalue weighted by Crippen LogP contribution is -1.92. The van der Waals surface area contributed by atoms with Crippen molar-refractivity contribution in [2.45, 2.75) is 6.92 Å². The monoisotopic (exact) mass is 543 g/mol. The molecule has 8 rings (SSSR count). The second kappa shape index (κ2) is 9.26. The summed E-state index contributed by atoms with van der Waals surface area (Å²) in [6.07, 6.45) is 7.81. The molecule has 194 valence electrons. The van der Waals surface area contributed by atoms with E-state index < -0.39 is 0 Å². The highest BCUT2D eigenvalue weighted by molar-refractivity contribution is 7.26. The van der Waals surface area contributed by atoms with Crippen LogP contribution in [-0.2, 0) is 0 Å². The maximum atomic E-state index is 5.23. The molecule has 4 aromatic carbocycles. The quantitative estimate of drug-likeness (QED) is 0.163. The van der Waals surface area contributed by atoms with Crippen LogP contribution in [0, 0.1) is 6.92 Å². The molecular formula is C37H25N3S. The molecule has 41 heavy (non-hydrogen) atoms. The maximum absolute atomic E-state index is 5.23. The first kappa shape index (κ1) is 23.8. The van der Waals surface area contributed by atoms with Gasteiger partial charge >= 0.3 is 0 Å². The molecule has 0 saturated carbocycles. The number of benzene rings is 4. The van der Waals surface area contributed by atoms with E-state index in [1.165, 1.54) is 36.3 Å². The molecular weight excluding hydrogens is 518 g/mol. The second-order valence-corrected chi connectivity index (χ2v) is 11.4. The number of hydrogen-bond acceptors (Lipinski definition) is 3. The normalized spacial score (nSPS) is 12.0. The van der Waals surface area contributed by atoms with E-state index in [-0.39, 0.29) is 0 Å². The van der Waals surface area contributed by atoms with Crippen molar-refractivity contribution in [2.75, 3.05) is 0 Å². The van der Waals surface area contributed by atoms with Crippen LogP contribution in [-0.4, -0.2) is 14.6 Å². The number of nitrogens with zero attached hydrogens (tertiary/aromatic N) is 3. The van der Waals surface area contributed by atoms with E-state index in [0.717, 1.165) is 44.7 Å². The molecule has 0 unspecified atom stereocenters. The van der Waals surface area contributed by atoms with Crippen molar-refractivity contribution in [3.05, 3.63) is 133 Å². The fraction of sp³-hybridized carbons (Fsp3) is 0.0270. The van der Waals surface area contributed by atoms with Crippen molar-refractivity contribution in [2.24, 2.45) is 0 Å². The molecule has 0 atom stereocenters. The van der Waals surface area contributed by atoms with Crippen molar-refractivity contribution in [1.29, 1.82) is 0 Å². The van der Waals surface area contributed by atoms with Gasteiger partial charge in [0.1, 0.15) is 0 Å². The number of aryl methyl sites for hydroxylation is 1. The fourth-order valence-corrected chi connectivity index (χ4v) is 7.23. The molecule has 4 heteroatoms. The molecule has 0 N–H and O–H groups in total. The molecule has 0 aliphatic carbocycles. The topological polar surface area (TPSA) is 30.2 Å². The minimum absolute atomic E-state index is 0.954. The molecule has 4 heterocycles. The zero-order valence-corrected chi connectivity index (χ0v) is 23.3. The van der Waals surface area contributed by atoms with Gasteiger partial charge in [0, 0.05) is 59.2 Å². The van der Waals surface area contributed by atoms with Crippen LogP contribution in [0.3, 0.4) is 0 Å². The predicted octanol–water partition coefficient (Wildman–Crippen LogP) is 10.2. The smallest absolute Gasteiger partial charge is 0.0890 e. The van der Waals surface area contributed by atoms with Gasteiger partial charge in [-0.15, -0.1) is 11.3 Å². The Hall–Kier alpha value is -5.06. The first-order valence-electron chi connectivity index (χ1n) is 13.7. The summed E-state index contributed by atoms with van der Waals surface area (Å²) < 4.78 is 4.61. The Balaban J connectivity index is 1.34. The van der Waals surface area contributed by atoms with E-state index in [0.29, 0.717) is 0 Å². The molecule has 0 fully saturated rings. The lowest BCUT2D eigenvalue weighted by atomic mass is 9.96. The predicted molar refractivity (Wildman–Crippen MR) is 176 cm³/mol. The van der Waals surface area contributed by atoms with E-state index in [1.807, 2.05) is 28.0 Å². The molecule has 3 nitrogen and oxygen atoms in total. The van der Waals surface area contributed by atoms with Crippen LogP contribution < -0.4 is 0 Å². The van der Waals surface area contributed by atoms with Crippen molar-refractivity contribution in [3.8, 4) is 22.4 Å². The summed E-state index contributed by atoms with van der Waals surface area (Å²) in [7, 11) is 0. The first-order chi connectivity index (χ1) is 20.2. The highest BCUT2D eigenvalue weighted by Crippen LogP contribution is 2.43. The van der Waals surface area contributed by atoms with Crippen LogP contribution in [0.1, 0.15) is 11.3 Å². The van der Waals surface area contributed by atoms with Crippen LogP contribution in [0.2, 0.25) is 0 Å². The number of fused-ring (bicyclic) bond motifs is 8. The second-order valence-electron chi connectivity index (χ2n) is 10.4. The van der Waals surface area contributed by atoms with Crippen LogP contribution in [0.5, 0.6) is 0 Å². The Morgan fingerprint density at radius 1 is 0.756 bits per heavy atom. The van der Waals surface area contributed by atoms with E-state index in [4.69, 9.17) is 10.1 Å². The van der Waals surface area contributed by atoms with E-state index in [9.17, 15) is 0 Å². The average Bonchev–Trinajstić information content (AvgIpc) is 3.56. The summed E-state index contributed by atoms with van der Waals surface area (Å²) in [5.74, 6) is 0. The molecule has 0 aliphatic heterocycles. The van der Waals surface area contributed by atoms with Gasteiger partial charge in [-0.1, -0.05) is 91.5 Å². The van der Waals surface area contributed by atoms with Crippen molar-refractivity contribution in [1.82, 2.24) is 14.6 Å². The zero-order chi connectivity index (χ0) is 27.5. The Morgan fingerprint density at radius 2 is 1.56 bits per heavy atom. The standard InChI is InChI=1S/C37H25N3S/c1-3-4-14-31-23(2)33-20-17-26(22-40(33)39-31)24-10-9-11-25(21-24)36-30-19-18-28-27-12-6-8-16-34(27)41-37(28)35(30)29-13-5-7-15-32(29)38-36/h3-22H,1H2,2H3/b14-4-. The minimum atomic E-state index is 0.954. The fourth-order valence-electron chi connectivity index (χ4n) is 5.96. The van der Waals surface area contributed by atoms with Crippen LogP contribution in [0.4, 0.5) is 0 Å². The number of thiophene rings is 1. The van der Waals surface area contributed by atoms with Gasteiger partial charge in [-0.2, -0.15) is 5.10 Å². The molecule has 0 saturated heterocycles. The maximum Gasteiger partial charge on any atom is 0.0890 e. The Bertz CT molecular complexity index is 2350. The van der Waals surface area contributed by atoms with Gasteiger partial charge in [0.05, 0.1) is 22.4 Å². The van der Waals surface area contributed by atoms with Gasteiger partial charge in [-0.05, 0) is 42.8 Å². The average molecular weight is 544 g/mol. The summed E-state index contributed by atoms with van der Waals surface area (Å²) in [6.45, 7) is 5.89. The summed E-state index contributed by atoms with van der Waals surface area (Å²) >= 11 is 1.87. The third-order valence-corrected chi connectivity index (χ3v) is 9.18. The lowest BCUT2D eigenvalue weighted by Gasteiger charge is -2.12. The number of hydrogen-bond donors (Lipinski definition) is 0. The highest BCUT2D eigenvalue weighted by Gasteiger charge is 2.16. The van der Waals surface area contributed by atoms with Crippen LogP contribution in [0.25, 0.3) is 75.8 Å².